The molecule has 0 heterocycles. The van der Waals surface area contributed by atoms with Gasteiger partial charge in [0.25, 0.3) is 0 Å². The van der Waals surface area contributed by atoms with E-state index >= 15 is 0 Å². The molecule has 0 aromatic rings. The molecule has 154 valence electrons. The number of carboxylic acid groups (broad SMARTS) is 2. The summed E-state index contributed by atoms with van der Waals surface area (Å²) in [6.45, 7) is 0.703. The summed E-state index contributed by atoms with van der Waals surface area (Å²) in [6.07, 6.45) is 1.73. The van der Waals surface area contributed by atoms with Crippen molar-refractivity contribution in [2.24, 2.45) is 5.73 Å². The molecule has 0 spiro atoms. The third-order valence-corrected chi connectivity index (χ3v) is 3.57. The van der Waals surface area contributed by atoms with Gasteiger partial charge in [-0.25, -0.2) is 9.59 Å². The van der Waals surface area contributed by atoms with Crippen LogP contribution in [0.2, 0.25) is 0 Å². The number of rotatable bonds is 15. The topological polar surface area (TPSA) is 188 Å². The highest BCUT2D eigenvalue weighted by molar-refractivity contribution is 5.86. The molecule has 0 aliphatic carbocycles. The number of carbonyl (C=O) groups is 5. The summed E-state index contributed by atoms with van der Waals surface area (Å²) in [7, 11) is 0. The first kappa shape index (κ1) is 24.3. The number of carbonyl (C=O) groups excluding carboxylic acids is 3. The Hall–Kier alpha value is -2.69. The molecular formula is C16H28N4O7. The minimum atomic E-state index is -1.30. The molecule has 0 unspecified atom stereocenters. The van der Waals surface area contributed by atoms with Gasteiger partial charge < -0.3 is 31.9 Å². The SMILES string of the molecule is NCC(=O)CCC(=O)NCCCCCNC(=O)N[C@@H](CCC(=O)O)C(=O)O. The second-order valence-corrected chi connectivity index (χ2v) is 5.88. The van der Waals surface area contributed by atoms with Crippen LogP contribution < -0.4 is 21.7 Å². The summed E-state index contributed by atoms with van der Waals surface area (Å²) in [5.74, 6) is -2.81. The lowest BCUT2D eigenvalue weighted by Gasteiger charge is -2.14. The zero-order valence-electron chi connectivity index (χ0n) is 15.2. The molecule has 0 bridgehead atoms. The van der Waals surface area contributed by atoms with Crippen LogP contribution in [0, 0.1) is 0 Å². The summed E-state index contributed by atoms with van der Waals surface area (Å²) >= 11 is 0. The van der Waals surface area contributed by atoms with Crippen molar-refractivity contribution in [2.75, 3.05) is 19.6 Å². The molecule has 0 aromatic heterocycles. The Balaban J connectivity index is 3.75. The fourth-order valence-corrected chi connectivity index (χ4v) is 2.03. The highest BCUT2D eigenvalue weighted by atomic mass is 16.4. The van der Waals surface area contributed by atoms with Gasteiger partial charge in [-0.2, -0.15) is 0 Å². The van der Waals surface area contributed by atoms with Gasteiger partial charge in [-0.1, -0.05) is 0 Å². The van der Waals surface area contributed by atoms with Crippen molar-refractivity contribution in [1.82, 2.24) is 16.0 Å². The lowest BCUT2D eigenvalue weighted by molar-refractivity contribution is -0.140. The quantitative estimate of drug-likeness (QED) is 0.197. The maximum atomic E-state index is 11.6. The van der Waals surface area contributed by atoms with E-state index in [2.05, 4.69) is 16.0 Å². The van der Waals surface area contributed by atoms with Crippen molar-refractivity contribution in [3.05, 3.63) is 0 Å². The minimum absolute atomic E-state index is 0.0688. The Morgan fingerprint density at radius 2 is 1.48 bits per heavy atom. The second kappa shape index (κ2) is 14.5. The summed E-state index contributed by atoms with van der Waals surface area (Å²) in [6, 6.07) is -1.94. The van der Waals surface area contributed by atoms with Crippen molar-refractivity contribution < 1.29 is 34.2 Å². The number of hydrogen-bond donors (Lipinski definition) is 6. The number of aliphatic carboxylic acids is 2. The summed E-state index contributed by atoms with van der Waals surface area (Å²) in [5.41, 5.74) is 5.15. The predicted molar refractivity (Wildman–Crippen MR) is 95.0 cm³/mol. The molecule has 3 amide bonds. The molecule has 0 rings (SSSR count). The third-order valence-electron chi connectivity index (χ3n) is 3.57. The van der Waals surface area contributed by atoms with E-state index in [0.29, 0.717) is 25.9 Å². The van der Waals surface area contributed by atoms with Crippen LogP contribution in [0.15, 0.2) is 0 Å². The lowest BCUT2D eigenvalue weighted by atomic mass is 10.1. The largest absolute Gasteiger partial charge is 0.481 e. The van der Waals surface area contributed by atoms with Crippen molar-refractivity contribution in [3.8, 4) is 0 Å². The van der Waals surface area contributed by atoms with E-state index in [1.54, 1.807) is 0 Å². The van der Waals surface area contributed by atoms with E-state index in [-0.39, 0.29) is 43.9 Å². The van der Waals surface area contributed by atoms with Crippen LogP contribution in [0.5, 0.6) is 0 Å². The van der Waals surface area contributed by atoms with Gasteiger partial charge in [0.2, 0.25) is 5.91 Å². The van der Waals surface area contributed by atoms with Crippen LogP contribution in [0.4, 0.5) is 4.79 Å². The van der Waals surface area contributed by atoms with Gasteiger partial charge in [-0.3, -0.25) is 14.4 Å². The van der Waals surface area contributed by atoms with Crippen LogP contribution in [-0.4, -0.2) is 65.5 Å². The second-order valence-electron chi connectivity index (χ2n) is 5.88. The molecule has 11 nitrogen and oxygen atoms in total. The molecule has 0 saturated carbocycles. The Kier molecular flexibility index (Phi) is 13.0. The van der Waals surface area contributed by atoms with Gasteiger partial charge in [-0.15, -0.1) is 0 Å². The molecule has 0 aromatic carbocycles. The average Bonchev–Trinajstić information content (AvgIpc) is 2.61. The number of nitrogens with two attached hydrogens (primary N) is 1. The first-order valence-corrected chi connectivity index (χ1v) is 8.73. The van der Waals surface area contributed by atoms with Gasteiger partial charge in [0, 0.05) is 32.4 Å². The van der Waals surface area contributed by atoms with Gasteiger partial charge >= 0.3 is 18.0 Å². The number of nitrogens with one attached hydrogen (secondary N) is 3. The molecular weight excluding hydrogens is 360 g/mol. The Morgan fingerprint density at radius 1 is 0.852 bits per heavy atom. The molecule has 0 radical (unpaired) electrons. The first-order valence-electron chi connectivity index (χ1n) is 8.73. The molecule has 0 saturated heterocycles. The Bertz CT molecular complexity index is 525. The van der Waals surface area contributed by atoms with Gasteiger partial charge in [-0.05, 0) is 25.7 Å². The van der Waals surface area contributed by atoms with E-state index in [0.717, 1.165) is 6.42 Å². The molecule has 11 heteroatoms. The van der Waals surface area contributed by atoms with E-state index in [1.807, 2.05) is 0 Å². The zero-order chi connectivity index (χ0) is 20.7. The number of urea groups is 1. The molecule has 7 N–H and O–H groups in total. The summed E-state index contributed by atoms with van der Waals surface area (Å²) < 4.78 is 0. The van der Waals surface area contributed by atoms with Crippen LogP contribution in [0.3, 0.4) is 0 Å². The van der Waals surface area contributed by atoms with E-state index < -0.39 is 24.0 Å². The normalized spacial score (nSPS) is 11.3. The maximum Gasteiger partial charge on any atom is 0.326 e. The Morgan fingerprint density at radius 3 is 2.04 bits per heavy atom. The molecule has 27 heavy (non-hydrogen) atoms. The maximum absolute atomic E-state index is 11.6. The molecule has 0 aliphatic heterocycles. The zero-order valence-corrected chi connectivity index (χ0v) is 15.2. The number of hydrogen-bond acceptors (Lipinski definition) is 6. The number of Topliss-reactive ketones (excluding diaryl/α,β-unsaturated/α-hetero) is 1. The van der Waals surface area contributed by atoms with Crippen LogP contribution in [0.1, 0.15) is 44.9 Å². The smallest absolute Gasteiger partial charge is 0.326 e. The summed E-state index contributed by atoms with van der Waals surface area (Å²) in [5, 5.41) is 24.9. The van der Waals surface area contributed by atoms with E-state index in [1.165, 1.54) is 0 Å². The average molecular weight is 388 g/mol. The third kappa shape index (κ3) is 14.2. The van der Waals surface area contributed by atoms with Crippen molar-refractivity contribution >= 4 is 29.7 Å². The molecule has 0 aliphatic rings. The molecule has 0 fully saturated rings. The fraction of sp³-hybridized carbons (Fsp3) is 0.688. The number of amides is 3. The van der Waals surface area contributed by atoms with Gasteiger partial charge in [0.05, 0.1) is 6.54 Å². The van der Waals surface area contributed by atoms with E-state index in [9.17, 15) is 24.0 Å². The Labute approximate surface area is 157 Å². The number of carboxylic acids is 2. The van der Waals surface area contributed by atoms with Crippen LogP contribution in [0.25, 0.3) is 0 Å². The molecule has 1 atom stereocenters. The fourth-order valence-electron chi connectivity index (χ4n) is 2.03. The van der Waals surface area contributed by atoms with Crippen molar-refractivity contribution in [1.29, 1.82) is 0 Å². The lowest BCUT2D eigenvalue weighted by Crippen LogP contribution is -2.46. The van der Waals surface area contributed by atoms with E-state index in [4.69, 9.17) is 15.9 Å². The van der Waals surface area contributed by atoms with Crippen molar-refractivity contribution in [2.45, 2.75) is 51.0 Å². The highest BCUT2D eigenvalue weighted by Gasteiger charge is 2.20. The first-order chi connectivity index (χ1) is 12.8. The van der Waals surface area contributed by atoms with Gasteiger partial charge in [0.15, 0.2) is 0 Å². The predicted octanol–water partition coefficient (Wildman–Crippen LogP) is -0.802. The van der Waals surface area contributed by atoms with Gasteiger partial charge in [0.1, 0.15) is 11.8 Å². The van der Waals surface area contributed by atoms with Crippen LogP contribution >= 0.6 is 0 Å². The van der Waals surface area contributed by atoms with Crippen molar-refractivity contribution in [3.63, 3.8) is 0 Å². The minimum Gasteiger partial charge on any atom is -0.481 e. The summed E-state index contributed by atoms with van der Waals surface area (Å²) in [4.78, 5) is 55.5. The number of ketones is 1. The monoisotopic (exact) mass is 388 g/mol. The van der Waals surface area contributed by atoms with Crippen LogP contribution in [-0.2, 0) is 19.2 Å². The number of unbranched alkanes of at least 4 members (excludes halogenated alkanes) is 2. The highest BCUT2D eigenvalue weighted by Crippen LogP contribution is 1.98. The standard InChI is InChI=1S/C16H28N4O7/c17-10-11(21)4-6-13(22)18-8-2-1-3-9-19-16(27)20-12(15(25)26)5-7-14(23)24/h12H,1-10,17H2,(H,18,22)(H,23,24)(H,25,26)(H2,19,20,27)/t12-/m0/s1.